The smallest absolute Gasteiger partial charge is 0.165 e. The first kappa shape index (κ1) is 28.7. The zero-order valence-electron chi connectivity index (χ0n) is 27.9. The number of benzene rings is 7. The van der Waals surface area contributed by atoms with Crippen LogP contribution < -0.4 is 0 Å². The topological polar surface area (TPSA) is 56.7 Å². The van der Waals surface area contributed by atoms with E-state index in [-0.39, 0.29) is 0 Å². The fourth-order valence-electron chi connectivity index (χ4n) is 7.88. The zero-order valence-corrected chi connectivity index (χ0v) is 27.9. The Morgan fingerprint density at radius 2 is 1.02 bits per heavy atom. The maximum absolute atomic E-state index is 7.05. The lowest BCUT2D eigenvalue weighted by atomic mass is 9.97. The lowest BCUT2D eigenvalue weighted by molar-refractivity contribution is 0.673. The van der Waals surface area contributed by atoms with E-state index in [0.29, 0.717) is 5.82 Å². The lowest BCUT2D eigenvalue weighted by Gasteiger charge is -2.12. The van der Waals surface area contributed by atoms with Gasteiger partial charge in [-0.15, -0.1) is 0 Å². The summed E-state index contributed by atoms with van der Waals surface area (Å²) in [6.07, 6.45) is 0. The maximum atomic E-state index is 7.05. The van der Waals surface area contributed by atoms with Crippen LogP contribution in [0.4, 0.5) is 0 Å². The molecule has 0 aliphatic rings. The molecule has 0 unspecified atom stereocenters. The maximum Gasteiger partial charge on any atom is 0.165 e. The van der Waals surface area contributed by atoms with E-state index < -0.39 is 0 Å². The SMILES string of the molecule is c1ccc(-c2cc(-n3c4ccccc4c4ccccc43)nc(-c3cccc4c3oc3c4ccc4c(-c5ccccc5)nc5ccccc5c43)n2)cc1. The second-order valence-corrected chi connectivity index (χ2v) is 13.2. The first-order valence-corrected chi connectivity index (χ1v) is 17.5. The molecule has 0 atom stereocenters. The van der Waals surface area contributed by atoms with Crippen molar-refractivity contribution in [3.05, 3.63) is 170 Å². The van der Waals surface area contributed by atoms with E-state index in [1.807, 2.05) is 30.3 Å². The number of furan rings is 1. The summed E-state index contributed by atoms with van der Waals surface area (Å²) in [7, 11) is 0. The Kier molecular flexibility index (Phi) is 6.18. The van der Waals surface area contributed by atoms with Crippen LogP contribution in [-0.4, -0.2) is 19.5 Å². The monoisotopic (exact) mass is 664 g/mol. The normalized spacial score (nSPS) is 11.8. The number of hydrogen-bond acceptors (Lipinski definition) is 4. The van der Waals surface area contributed by atoms with Gasteiger partial charge in [-0.1, -0.05) is 133 Å². The van der Waals surface area contributed by atoms with E-state index in [0.717, 1.165) is 88.5 Å². The van der Waals surface area contributed by atoms with Crippen LogP contribution in [0.3, 0.4) is 0 Å². The molecule has 0 N–H and O–H groups in total. The summed E-state index contributed by atoms with van der Waals surface area (Å²) < 4.78 is 9.30. The molecule has 0 aliphatic heterocycles. The minimum absolute atomic E-state index is 0.601. The van der Waals surface area contributed by atoms with Crippen molar-refractivity contribution in [1.82, 2.24) is 19.5 Å². The molecule has 11 rings (SSSR count). The van der Waals surface area contributed by atoms with Gasteiger partial charge >= 0.3 is 0 Å². The molecule has 4 heterocycles. The molecule has 52 heavy (non-hydrogen) atoms. The average Bonchev–Trinajstić information content (AvgIpc) is 3.77. The summed E-state index contributed by atoms with van der Waals surface area (Å²) in [5.41, 5.74) is 9.40. The van der Waals surface area contributed by atoms with E-state index in [1.54, 1.807) is 0 Å². The summed E-state index contributed by atoms with van der Waals surface area (Å²) in [4.78, 5) is 15.7. The molecule has 0 fully saturated rings. The van der Waals surface area contributed by atoms with Crippen LogP contribution in [-0.2, 0) is 0 Å². The quantitative estimate of drug-likeness (QED) is 0.176. The van der Waals surface area contributed by atoms with Crippen LogP contribution >= 0.6 is 0 Å². The van der Waals surface area contributed by atoms with Gasteiger partial charge in [0.05, 0.1) is 33.5 Å². The predicted molar refractivity (Wildman–Crippen MR) is 213 cm³/mol. The second-order valence-electron chi connectivity index (χ2n) is 13.2. The predicted octanol–water partition coefficient (Wildman–Crippen LogP) is 12.2. The van der Waals surface area contributed by atoms with Gasteiger partial charge in [-0.2, -0.15) is 0 Å². The highest BCUT2D eigenvalue weighted by Gasteiger charge is 2.21. The van der Waals surface area contributed by atoms with Crippen molar-refractivity contribution >= 4 is 65.4 Å². The van der Waals surface area contributed by atoms with Crippen molar-refractivity contribution in [3.8, 4) is 39.7 Å². The third kappa shape index (κ3) is 4.26. The number of aromatic nitrogens is 4. The highest BCUT2D eigenvalue weighted by molar-refractivity contribution is 6.25. The molecule has 0 spiro atoms. The third-order valence-corrected chi connectivity index (χ3v) is 10.2. The summed E-state index contributed by atoms with van der Waals surface area (Å²) >= 11 is 0. The first-order chi connectivity index (χ1) is 25.8. The van der Waals surface area contributed by atoms with E-state index >= 15 is 0 Å². The Morgan fingerprint density at radius 1 is 0.423 bits per heavy atom. The van der Waals surface area contributed by atoms with Crippen molar-refractivity contribution in [2.45, 2.75) is 0 Å². The first-order valence-electron chi connectivity index (χ1n) is 17.5. The van der Waals surface area contributed by atoms with Gasteiger partial charge in [-0.05, 0) is 30.3 Å². The molecular formula is C47H28N4O. The zero-order chi connectivity index (χ0) is 34.2. The Balaban J connectivity index is 1.22. The number of fused-ring (bicyclic) bond motifs is 10. The largest absolute Gasteiger partial charge is 0.455 e. The molecule has 0 saturated carbocycles. The van der Waals surface area contributed by atoms with E-state index in [4.69, 9.17) is 19.4 Å². The van der Waals surface area contributed by atoms with Gasteiger partial charge in [-0.3, -0.25) is 4.57 Å². The average molecular weight is 665 g/mol. The number of para-hydroxylation sites is 4. The molecule has 0 bridgehead atoms. The Morgan fingerprint density at radius 3 is 1.77 bits per heavy atom. The van der Waals surface area contributed by atoms with Crippen molar-refractivity contribution in [2.24, 2.45) is 0 Å². The van der Waals surface area contributed by atoms with Crippen molar-refractivity contribution < 1.29 is 4.42 Å². The highest BCUT2D eigenvalue weighted by Crippen LogP contribution is 2.43. The Hall–Kier alpha value is -7.11. The second kappa shape index (κ2) is 11.2. The number of hydrogen-bond donors (Lipinski definition) is 0. The van der Waals surface area contributed by atoms with Crippen LogP contribution in [0.1, 0.15) is 0 Å². The minimum atomic E-state index is 0.601. The molecule has 0 radical (unpaired) electrons. The molecule has 5 nitrogen and oxygen atoms in total. The molecule has 11 aromatic rings. The van der Waals surface area contributed by atoms with Crippen LogP contribution in [0.25, 0.3) is 105 Å². The highest BCUT2D eigenvalue weighted by atomic mass is 16.3. The fraction of sp³-hybridized carbons (Fsp3) is 0. The van der Waals surface area contributed by atoms with Crippen molar-refractivity contribution in [3.63, 3.8) is 0 Å². The molecule has 242 valence electrons. The summed E-state index contributed by atoms with van der Waals surface area (Å²) in [6, 6.07) is 58.8. The van der Waals surface area contributed by atoms with Crippen LogP contribution in [0, 0.1) is 0 Å². The van der Waals surface area contributed by atoms with Crippen LogP contribution in [0.5, 0.6) is 0 Å². The van der Waals surface area contributed by atoms with Gasteiger partial charge in [0, 0.05) is 54.9 Å². The molecule has 4 aromatic heterocycles. The summed E-state index contributed by atoms with van der Waals surface area (Å²) in [6.45, 7) is 0. The van der Waals surface area contributed by atoms with E-state index in [2.05, 4.69) is 144 Å². The summed E-state index contributed by atoms with van der Waals surface area (Å²) in [5, 5.41) is 7.58. The minimum Gasteiger partial charge on any atom is -0.455 e. The van der Waals surface area contributed by atoms with Gasteiger partial charge in [-0.25, -0.2) is 15.0 Å². The molecule has 0 aliphatic carbocycles. The van der Waals surface area contributed by atoms with Gasteiger partial charge in [0.15, 0.2) is 5.82 Å². The number of rotatable bonds is 4. The lowest BCUT2D eigenvalue weighted by Crippen LogP contribution is -2.02. The Bertz CT molecular complexity index is 3130. The molecule has 0 saturated heterocycles. The Labute approximate surface area is 298 Å². The summed E-state index contributed by atoms with van der Waals surface area (Å²) in [5.74, 6) is 1.40. The van der Waals surface area contributed by atoms with Crippen LogP contribution in [0.2, 0.25) is 0 Å². The van der Waals surface area contributed by atoms with Crippen molar-refractivity contribution in [1.29, 1.82) is 0 Å². The fourth-order valence-corrected chi connectivity index (χ4v) is 7.88. The van der Waals surface area contributed by atoms with Gasteiger partial charge in [0.25, 0.3) is 0 Å². The van der Waals surface area contributed by atoms with Gasteiger partial charge < -0.3 is 4.42 Å². The number of nitrogens with zero attached hydrogens (tertiary/aromatic N) is 4. The van der Waals surface area contributed by atoms with Gasteiger partial charge in [0.1, 0.15) is 17.0 Å². The molecule has 7 aromatic carbocycles. The van der Waals surface area contributed by atoms with E-state index in [1.165, 1.54) is 10.8 Å². The van der Waals surface area contributed by atoms with Crippen molar-refractivity contribution in [2.75, 3.05) is 0 Å². The third-order valence-electron chi connectivity index (χ3n) is 10.2. The molecule has 0 amide bonds. The molecule has 5 heteroatoms. The standard InChI is InChI=1S/C47H28N4O/c1-3-14-29(15-4-1)39-28-42(51-40-24-11-8-18-31(40)32-19-9-12-25-41(32)51)50-47(49-39)37-22-13-21-33-34-26-27-36-43(46(34)52-45(33)37)35-20-7-10-23-38(35)48-44(36)30-16-5-2-6-17-30/h1-28H. The number of pyridine rings is 1. The van der Waals surface area contributed by atoms with Gasteiger partial charge in [0.2, 0.25) is 0 Å². The molecular weight excluding hydrogens is 637 g/mol. The van der Waals surface area contributed by atoms with E-state index in [9.17, 15) is 0 Å². The van der Waals surface area contributed by atoms with Crippen LogP contribution in [0.15, 0.2) is 174 Å².